The molecule has 1 spiro atoms. The Morgan fingerprint density at radius 3 is 2.36 bits per heavy atom. The monoisotopic (exact) mass is 519 g/mol. The van der Waals surface area contributed by atoms with Crippen molar-refractivity contribution in [3.63, 3.8) is 0 Å². The van der Waals surface area contributed by atoms with Crippen LogP contribution in [0, 0.1) is 17.8 Å². The summed E-state index contributed by atoms with van der Waals surface area (Å²) in [7, 11) is 0. The Morgan fingerprint density at radius 2 is 1.86 bits per heavy atom. The zero-order valence-electron chi connectivity index (χ0n) is 22.9. The Bertz CT molecular complexity index is 883. The van der Waals surface area contributed by atoms with E-state index in [0.29, 0.717) is 26.1 Å². The zero-order valence-corrected chi connectivity index (χ0v) is 23.7. The van der Waals surface area contributed by atoms with Crippen molar-refractivity contribution >= 4 is 29.5 Å². The fourth-order valence-electron chi connectivity index (χ4n) is 6.73. The van der Waals surface area contributed by atoms with E-state index in [1.54, 1.807) is 33.7 Å². The van der Waals surface area contributed by atoms with E-state index in [1.165, 1.54) is 0 Å². The molecule has 0 radical (unpaired) electrons. The molecule has 3 fully saturated rings. The summed E-state index contributed by atoms with van der Waals surface area (Å²) in [6, 6.07) is -1.20. The first-order chi connectivity index (χ1) is 17.0. The van der Waals surface area contributed by atoms with Crippen molar-refractivity contribution in [1.29, 1.82) is 0 Å². The van der Waals surface area contributed by atoms with Gasteiger partial charge in [-0.05, 0) is 46.0 Å². The van der Waals surface area contributed by atoms with Crippen LogP contribution in [0.15, 0.2) is 25.3 Å². The number of hydrogen-bond acceptors (Lipinski definition) is 5. The lowest BCUT2D eigenvalue weighted by atomic mass is 9.65. The van der Waals surface area contributed by atoms with Gasteiger partial charge in [0.2, 0.25) is 17.7 Å². The number of carbonyl (C=O) groups is 3. The van der Waals surface area contributed by atoms with Crippen LogP contribution in [0.1, 0.15) is 60.8 Å². The van der Waals surface area contributed by atoms with Crippen molar-refractivity contribution in [2.45, 2.75) is 88.4 Å². The van der Waals surface area contributed by atoms with E-state index in [-0.39, 0.29) is 35.5 Å². The van der Waals surface area contributed by atoms with Gasteiger partial charge in [0.1, 0.15) is 6.04 Å². The van der Waals surface area contributed by atoms with Gasteiger partial charge in [-0.3, -0.25) is 14.4 Å². The first-order valence-electron chi connectivity index (χ1n) is 13.4. The zero-order chi connectivity index (χ0) is 27.0. The summed E-state index contributed by atoms with van der Waals surface area (Å²) in [4.78, 5) is 47.9. The summed E-state index contributed by atoms with van der Waals surface area (Å²) in [6.07, 6.45) is 5.60. The standard InChI is InChI=1S/C28H45N3O4S/c1-9-13-29(14-10-2)24(33)21-20-16-18(5)28(36-20)22(21)25(34)31(19(12-4)17-32)23(28)26(35)30(15-11-3)27(6,7)8/h9,11,18-23,32H,1,3,10,12-17H2,2,4-8H3/t18?,19-,20+,21-,22-,23?,28?/m0/s1. The van der Waals surface area contributed by atoms with Crippen LogP contribution in [0.5, 0.6) is 0 Å². The molecule has 1 N–H and O–H groups in total. The third kappa shape index (κ3) is 4.42. The van der Waals surface area contributed by atoms with Crippen LogP contribution in [0.3, 0.4) is 0 Å². The number of likely N-dealkylation sites (tertiary alicyclic amines) is 1. The minimum absolute atomic E-state index is 0.000217. The van der Waals surface area contributed by atoms with Crippen LogP contribution in [0.4, 0.5) is 0 Å². The minimum atomic E-state index is -0.729. The molecule has 0 aromatic rings. The van der Waals surface area contributed by atoms with Crippen molar-refractivity contribution in [3.05, 3.63) is 25.3 Å². The van der Waals surface area contributed by atoms with Crippen molar-refractivity contribution in [2.75, 3.05) is 26.2 Å². The number of amides is 3. The highest BCUT2D eigenvalue weighted by molar-refractivity contribution is 8.02. The number of aliphatic hydroxyl groups excluding tert-OH is 1. The first kappa shape index (κ1) is 28.8. The number of aliphatic hydroxyl groups is 1. The lowest BCUT2D eigenvalue weighted by molar-refractivity contribution is -0.148. The summed E-state index contributed by atoms with van der Waals surface area (Å²) < 4.78 is -0.696. The molecule has 0 aliphatic carbocycles. The second-order valence-corrected chi connectivity index (χ2v) is 13.1. The Hall–Kier alpha value is -1.80. The summed E-state index contributed by atoms with van der Waals surface area (Å²) in [5.41, 5.74) is -0.475. The van der Waals surface area contributed by atoms with E-state index in [9.17, 15) is 19.5 Å². The Balaban J connectivity index is 2.16. The molecule has 8 heteroatoms. The van der Waals surface area contributed by atoms with E-state index in [1.807, 2.05) is 39.5 Å². The maximum atomic E-state index is 14.4. The Morgan fingerprint density at radius 1 is 1.22 bits per heavy atom. The fraction of sp³-hybridized carbons (Fsp3) is 0.750. The van der Waals surface area contributed by atoms with Gasteiger partial charge >= 0.3 is 0 Å². The van der Waals surface area contributed by atoms with Gasteiger partial charge in [0.25, 0.3) is 0 Å². The van der Waals surface area contributed by atoms with Gasteiger partial charge in [-0.15, -0.1) is 24.9 Å². The van der Waals surface area contributed by atoms with Gasteiger partial charge in [0.05, 0.1) is 29.2 Å². The molecular weight excluding hydrogens is 474 g/mol. The van der Waals surface area contributed by atoms with Gasteiger partial charge in [-0.1, -0.05) is 32.9 Å². The van der Waals surface area contributed by atoms with Crippen molar-refractivity contribution < 1.29 is 19.5 Å². The number of rotatable bonds is 11. The van der Waals surface area contributed by atoms with Gasteiger partial charge in [-0.25, -0.2) is 0 Å². The molecule has 7 atom stereocenters. The predicted octanol–water partition coefficient (Wildman–Crippen LogP) is 3.33. The third-order valence-electron chi connectivity index (χ3n) is 8.32. The van der Waals surface area contributed by atoms with E-state index >= 15 is 0 Å². The molecule has 3 unspecified atom stereocenters. The van der Waals surface area contributed by atoms with E-state index in [4.69, 9.17) is 0 Å². The van der Waals surface area contributed by atoms with Crippen molar-refractivity contribution in [1.82, 2.24) is 14.7 Å². The molecule has 3 heterocycles. The average Bonchev–Trinajstić information content (AvgIpc) is 3.41. The van der Waals surface area contributed by atoms with Crippen molar-refractivity contribution in [2.24, 2.45) is 17.8 Å². The maximum absolute atomic E-state index is 14.4. The van der Waals surface area contributed by atoms with Crippen LogP contribution in [-0.2, 0) is 14.4 Å². The number of carbonyl (C=O) groups excluding carboxylic acids is 3. The van der Waals surface area contributed by atoms with Crippen LogP contribution in [0.2, 0.25) is 0 Å². The van der Waals surface area contributed by atoms with E-state index in [2.05, 4.69) is 20.1 Å². The summed E-state index contributed by atoms with van der Waals surface area (Å²) >= 11 is 1.69. The summed E-state index contributed by atoms with van der Waals surface area (Å²) in [5.74, 6) is -1.24. The van der Waals surface area contributed by atoms with E-state index in [0.717, 1.165) is 12.8 Å². The third-order valence-corrected chi connectivity index (χ3v) is 10.4. The highest BCUT2D eigenvalue weighted by Crippen LogP contribution is 2.69. The highest BCUT2D eigenvalue weighted by Gasteiger charge is 2.77. The van der Waals surface area contributed by atoms with Crippen LogP contribution in [0.25, 0.3) is 0 Å². The molecule has 3 rings (SSSR count). The Labute approximate surface area is 221 Å². The lowest BCUT2D eigenvalue weighted by Crippen LogP contribution is -2.62. The molecule has 3 aliphatic heterocycles. The topological polar surface area (TPSA) is 81.2 Å². The smallest absolute Gasteiger partial charge is 0.247 e. The largest absolute Gasteiger partial charge is 0.394 e. The number of thioether (sulfide) groups is 1. The summed E-state index contributed by atoms with van der Waals surface area (Å²) in [5, 5.41) is 10.3. The maximum Gasteiger partial charge on any atom is 0.247 e. The summed E-state index contributed by atoms with van der Waals surface area (Å²) in [6.45, 7) is 20.9. The van der Waals surface area contributed by atoms with Gasteiger partial charge < -0.3 is 19.8 Å². The Kier molecular flexibility index (Phi) is 8.71. The molecule has 36 heavy (non-hydrogen) atoms. The van der Waals surface area contributed by atoms with Gasteiger partial charge in [-0.2, -0.15) is 0 Å². The minimum Gasteiger partial charge on any atom is -0.394 e. The predicted molar refractivity (Wildman–Crippen MR) is 145 cm³/mol. The molecule has 0 aromatic heterocycles. The second kappa shape index (κ2) is 10.9. The van der Waals surface area contributed by atoms with Crippen molar-refractivity contribution in [3.8, 4) is 0 Å². The second-order valence-electron chi connectivity index (χ2n) is 11.5. The quantitative estimate of drug-likeness (QED) is 0.424. The molecule has 3 amide bonds. The molecule has 202 valence electrons. The molecule has 2 bridgehead atoms. The van der Waals surface area contributed by atoms with Gasteiger partial charge in [0.15, 0.2) is 0 Å². The molecule has 3 aliphatic rings. The lowest BCUT2D eigenvalue weighted by Gasteiger charge is -2.45. The van der Waals surface area contributed by atoms with E-state index < -0.39 is 34.2 Å². The number of hydrogen-bond donors (Lipinski definition) is 1. The average molecular weight is 520 g/mol. The normalized spacial score (nSPS) is 31.8. The van der Waals surface area contributed by atoms with Crippen LogP contribution < -0.4 is 0 Å². The highest BCUT2D eigenvalue weighted by atomic mass is 32.2. The molecular formula is C28H45N3O4S. The van der Waals surface area contributed by atoms with Gasteiger partial charge in [0, 0.05) is 30.4 Å². The molecule has 3 saturated heterocycles. The fourth-order valence-corrected chi connectivity index (χ4v) is 9.12. The molecule has 0 aromatic carbocycles. The van der Waals surface area contributed by atoms with Crippen LogP contribution >= 0.6 is 11.8 Å². The molecule has 0 saturated carbocycles. The molecule has 7 nitrogen and oxygen atoms in total. The van der Waals surface area contributed by atoms with Crippen LogP contribution in [-0.4, -0.2) is 91.4 Å². The first-order valence-corrected chi connectivity index (χ1v) is 14.3. The SMILES string of the molecule is C=CCN(CCC)C(=O)[C@@H]1[C@H]2C(=O)N([C@@H](CC)CO)C(C(=O)N(CC=C)C(C)(C)C)C23S[C@@H]1CC3C. The number of fused-ring (bicyclic) bond motifs is 1. The number of nitrogens with zero attached hydrogens (tertiary/aromatic N) is 3.